The van der Waals surface area contributed by atoms with Gasteiger partial charge in [-0.1, -0.05) is 12.1 Å². The molecule has 0 N–H and O–H groups in total. The van der Waals surface area contributed by atoms with Gasteiger partial charge in [0.1, 0.15) is 19.8 Å². The summed E-state index contributed by atoms with van der Waals surface area (Å²) in [7, 11) is 0. The second kappa shape index (κ2) is 6.62. The van der Waals surface area contributed by atoms with E-state index in [1.54, 1.807) is 30.3 Å². The molecule has 1 aliphatic rings. The molecule has 0 fully saturated rings. The largest absolute Gasteiger partial charge is 0.486 e. The van der Waals surface area contributed by atoms with Gasteiger partial charge in [-0.05, 0) is 30.3 Å². The van der Waals surface area contributed by atoms with Crippen LogP contribution in [0.4, 0.5) is 8.78 Å². The first-order chi connectivity index (χ1) is 12.6. The van der Waals surface area contributed by atoms with Crippen LogP contribution in [0.5, 0.6) is 11.5 Å². The quantitative estimate of drug-likeness (QED) is 0.666. The Kier molecular flexibility index (Phi) is 4.16. The smallest absolute Gasteiger partial charge is 0.338 e. The number of carbonyl (C=O) groups excluding carboxylic acids is 1. The van der Waals surface area contributed by atoms with Crippen LogP contribution in [0.2, 0.25) is 0 Å². The second-order valence-corrected chi connectivity index (χ2v) is 5.60. The zero-order valence-electron chi connectivity index (χ0n) is 13.5. The van der Waals surface area contributed by atoms with Crippen molar-refractivity contribution < 1.29 is 27.8 Å². The minimum absolute atomic E-state index is 0.0212. The fourth-order valence-electron chi connectivity index (χ4n) is 2.80. The molecule has 0 radical (unpaired) electrons. The van der Waals surface area contributed by atoms with Crippen molar-refractivity contribution >= 4 is 17.0 Å². The van der Waals surface area contributed by atoms with Gasteiger partial charge in [-0.3, -0.25) is 4.57 Å². The van der Waals surface area contributed by atoms with Gasteiger partial charge in [-0.2, -0.15) is 8.78 Å². The Morgan fingerprint density at radius 1 is 1.15 bits per heavy atom. The third-order valence-electron chi connectivity index (χ3n) is 3.97. The van der Waals surface area contributed by atoms with E-state index in [9.17, 15) is 13.6 Å². The van der Waals surface area contributed by atoms with Gasteiger partial charge >= 0.3 is 12.5 Å². The number of hydrogen-bond acceptors (Lipinski definition) is 5. The van der Waals surface area contributed by atoms with Crippen molar-refractivity contribution in [1.29, 1.82) is 0 Å². The van der Waals surface area contributed by atoms with E-state index in [1.165, 1.54) is 12.1 Å². The molecular weight excluding hydrogens is 346 g/mol. The molecule has 1 aliphatic heterocycles. The van der Waals surface area contributed by atoms with E-state index in [0.717, 1.165) is 4.57 Å². The Balaban J connectivity index is 1.55. The Bertz CT molecular complexity index is 971. The number of ether oxygens (including phenoxy) is 3. The standard InChI is InChI=1S/C18H14F2N2O4/c19-18(20)22-13-4-2-1-3-12(13)21-16(22)10-26-17(23)11-5-6-14-15(9-11)25-8-7-24-14/h1-6,9,18H,7-8,10H2. The number of imidazole rings is 1. The summed E-state index contributed by atoms with van der Waals surface area (Å²) in [5, 5.41) is 0. The second-order valence-electron chi connectivity index (χ2n) is 5.60. The molecule has 26 heavy (non-hydrogen) atoms. The molecule has 134 valence electrons. The summed E-state index contributed by atoms with van der Waals surface area (Å²) >= 11 is 0. The number of rotatable bonds is 4. The molecule has 6 nitrogen and oxygen atoms in total. The van der Waals surface area contributed by atoms with Crippen molar-refractivity contribution in [3.05, 3.63) is 53.9 Å². The van der Waals surface area contributed by atoms with Gasteiger partial charge in [0.15, 0.2) is 17.3 Å². The molecule has 8 heteroatoms. The summed E-state index contributed by atoms with van der Waals surface area (Å²) in [5.41, 5.74) is 0.944. The normalized spacial score (nSPS) is 13.2. The van der Waals surface area contributed by atoms with E-state index >= 15 is 0 Å². The summed E-state index contributed by atoms with van der Waals surface area (Å²) in [6.07, 6.45) is 0. The van der Waals surface area contributed by atoms with Crippen LogP contribution in [0.15, 0.2) is 42.5 Å². The monoisotopic (exact) mass is 360 g/mol. The Labute approximate surface area is 146 Å². The highest BCUT2D eigenvalue weighted by Gasteiger charge is 2.20. The minimum Gasteiger partial charge on any atom is -0.486 e. The molecule has 1 aromatic heterocycles. The highest BCUT2D eigenvalue weighted by molar-refractivity contribution is 5.90. The third kappa shape index (κ3) is 2.94. The Morgan fingerprint density at radius 3 is 2.73 bits per heavy atom. The van der Waals surface area contributed by atoms with E-state index < -0.39 is 12.5 Å². The number of nitrogens with zero attached hydrogens (tertiary/aromatic N) is 2. The predicted molar refractivity (Wildman–Crippen MR) is 87.5 cm³/mol. The Hall–Kier alpha value is -3.16. The summed E-state index contributed by atoms with van der Waals surface area (Å²) < 4.78 is 43.5. The number of hydrogen-bond donors (Lipinski definition) is 0. The van der Waals surface area contributed by atoms with Gasteiger partial charge in [0.25, 0.3) is 0 Å². The van der Waals surface area contributed by atoms with Crippen molar-refractivity contribution in [2.24, 2.45) is 0 Å². The van der Waals surface area contributed by atoms with Crippen molar-refractivity contribution in [3.63, 3.8) is 0 Å². The van der Waals surface area contributed by atoms with Crippen molar-refractivity contribution in [3.8, 4) is 11.5 Å². The SMILES string of the molecule is O=C(OCc1nc2ccccc2n1C(F)F)c1ccc2c(c1)OCCO2. The summed E-state index contributed by atoms with van der Waals surface area (Å²) in [6, 6.07) is 11.2. The average Bonchev–Trinajstić information content (AvgIpc) is 3.04. The average molecular weight is 360 g/mol. The van der Waals surface area contributed by atoms with E-state index in [-0.39, 0.29) is 23.5 Å². The molecule has 0 saturated heterocycles. The molecule has 2 aromatic carbocycles. The topological polar surface area (TPSA) is 62.6 Å². The fraction of sp³-hybridized carbons (Fsp3) is 0.222. The van der Waals surface area contributed by atoms with Gasteiger partial charge in [0.2, 0.25) is 0 Å². The van der Waals surface area contributed by atoms with E-state index in [4.69, 9.17) is 14.2 Å². The molecule has 0 spiro atoms. The van der Waals surface area contributed by atoms with Crippen LogP contribution in [0.3, 0.4) is 0 Å². The van der Waals surface area contributed by atoms with Gasteiger partial charge in [0, 0.05) is 0 Å². The minimum atomic E-state index is -2.79. The van der Waals surface area contributed by atoms with Gasteiger partial charge in [-0.25, -0.2) is 9.78 Å². The lowest BCUT2D eigenvalue weighted by molar-refractivity contribution is 0.0387. The first kappa shape index (κ1) is 16.3. The first-order valence-electron chi connectivity index (χ1n) is 7.94. The molecule has 0 aliphatic carbocycles. The lowest BCUT2D eigenvalue weighted by Crippen LogP contribution is -2.16. The maximum Gasteiger partial charge on any atom is 0.338 e. The lowest BCUT2D eigenvalue weighted by Gasteiger charge is -2.18. The highest BCUT2D eigenvalue weighted by atomic mass is 19.3. The zero-order valence-corrected chi connectivity index (χ0v) is 13.5. The first-order valence-corrected chi connectivity index (χ1v) is 7.94. The number of benzene rings is 2. The molecule has 0 amide bonds. The fourth-order valence-corrected chi connectivity index (χ4v) is 2.80. The maximum atomic E-state index is 13.4. The number of alkyl halides is 2. The van der Waals surface area contributed by atoms with Crippen LogP contribution in [-0.2, 0) is 11.3 Å². The molecule has 3 aromatic rings. The maximum absolute atomic E-state index is 13.4. The molecule has 0 saturated carbocycles. The summed E-state index contributed by atoms with van der Waals surface area (Å²) in [4.78, 5) is 16.4. The third-order valence-corrected chi connectivity index (χ3v) is 3.97. The summed E-state index contributed by atoms with van der Waals surface area (Å²) in [6.45, 7) is -2.32. The van der Waals surface area contributed by atoms with Crippen LogP contribution in [-0.4, -0.2) is 28.7 Å². The van der Waals surface area contributed by atoms with Crippen molar-refractivity contribution in [2.75, 3.05) is 13.2 Å². The molecule has 2 heterocycles. The van der Waals surface area contributed by atoms with Gasteiger partial charge < -0.3 is 14.2 Å². The Morgan fingerprint density at radius 2 is 1.92 bits per heavy atom. The molecule has 0 unspecified atom stereocenters. The predicted octanol–water partition coefficient (Wildman–Crippen LogP) is 3.56. The highest BCUT2D eigenvalue weighted by Crippen LogP contribution is 2.31. The van der Waals surface area contributed by atoms with Crippen molar-refractivity contribution in [1.82, 2.24) is 9.55 Å². The zero-order chi connectivity index (χ0) is 18.1. The van der Waals surface area contributed by atoms with Gasteiger partial charge in [-0.15, -0.1) is 0 Å². The van der Waals surface area contributed by atoms with Crippen LogP contribution >= 0.6 is 0 Å². The summed E-state index contributed by atoms with van der Waals surface area (Å²) in [5.74, 6) is 0.319. The lowest BCUT2D eigenvalue weighted by atomic mass is 10.2. The number of esters is 1. The molecule has 0 bridgehead atoms. The number of para-hydroxylation sites is 2. The van der Waals surface area contributed by atoms with Crippen molar-refractivity contribution in [2.45, 2.75) is 13.2 Å². The van der Waals surface area contributed by atoms with E-state index in [2.05, 4.69) is 4.98 Å². The number of aromatic nitrogens is 2. The number of fused-ring (bicyclic) bond motifs is 2. The van der Waals surface area contributed by atoms with Crippen LogP contribution in [0, 0.1) is 0 Å². The van der Waals surface area contributed by atoms with E-state index in [0.29, 0.717) is 30.2 Å². The van der Waals surface area contributed by atoms with E-state index in [1.807, 2.05) is 0 Å². The molecule has 0 atom stereocenters. The molecular formula is C18H14F2N2O4. The molecule has 4 rings (SSSR count). The number of halogens is 2. The van der Waals surface area contributed by atoms with Crippen LogP contribution < -0.4 is 9.47 Å². The van der Waals surface area contributed by atoms with Gasteiger partial charge in [0.05, 0.1) is 16.6 Å². The number of carbonyl (C=O) groups is 1. The van der Waals surface area contributed by atoms with Crippen LogP contribution in [0.25, 0.3) is 11.0 Å². The van der Waals surface area contributed by atoms with Crippen LogP contribution in [0.1, 0.15) is 22.7 Å².